The van der Waals surface area contributed by atoms with E-state index in [1.165, 1.54) is 0 Å². The monoisotopic (exact) mass is 162 g/mol. The summed E-state index contributed by atoms with van der Waals surface area (Å²) in [5.74, 6) is 1.00. The molecule has 0 aromatic rings. The van der Waals surface area contributed by atoms with Crippen molar-refractivity contribution in [1.82, 2.24) is 0 Å². The molecule has 0 aliphatic carbocycles. The van der Waals surface area contributed by atoms with Crippen LogP contribution in [-0.2, 0) is 9.47 Å². The fraction of sp³-hybridized carbons (Fsp3) is 1.00. The molecular formula is C6H10O3S. The Balaban J connectivity index is 2.02. The maximum absolute atomic E-state index is 9.41. The number of aliphatic hydroxyl groups is 1. The van der Waals surface area contributed by atoms with Gasteiger partial charge in [-0.3, -0.25) is 0 Å². The summed E-state index contributed by atoms with van der Waals surface area (Å²) in [7, 11) is 1.56. The number of ether oxygens (including phenoxy) is 2. The van der Waals surface area contributed by atoms with E-state index < -0.39 is 6.10 Å². The average molecular weight is 162 g/mol. The van der Waals surface area contributed by atoms with E-state index in [0.29, 0.717) is 0 Å². The van der Waals surface area contributed by atoms with Crippen LogP contribution in [0, 0.1) is 0 Å². The highest BCUT2D eigenvalue weighted by Gasteiger charge is 2.49. The van der Waals surface area contributed by atoms with Crippen molar-refractivity contribution in [3.05, 3.63) is 0 Å². The lowest BCUT2D eigenvalue weighted by Crippen LogP contribution is -2.38. The SMILES string of the molecule is COC1OC2CSC2C1O. The Morgan fingerprint density at radius 3 is 2.80 bits per heavy atom. The van der Waals surface area contributed by atoms with Crippen molar-refractivity contribution in [2.24, 2.45) is 0 Å². The van der Waals surface area contributed by atoms with Gasteiger partial charge in [-0.25, -0.2) is 0 Å². The Kier molecular flexibility index (Phi) is 1.64. The molecule has 4 atom stereocenters. The van der Waals surface area contributed by atoms with Crippen molar-refractivity contribution >= 4 is 11.8 Å². The smallest absolute Gasteiger partial charge is 0.184 e. The van der Waals surface area contributed by atoms with Gasteiger partial charge in [0.15, 0.2) is 6.29 Å². The van der Waals surface area contributed by atoms with Gasteiger partial charge in [-0.15, -0.1) is 0 Å². The number of aliphatic hydroxyl groups excluding tert-OH is 1. The number of thioether (sulfide) groups is 1. The van der Waals surface area contributed by atoms with Crippen molar-refractivity contribution in [3.63, 3.8) is 0 Å². The molecule has 3 nitrogen and oxygen atoms in total. The molecule has 2 fully saturated rings. The minimum absolute atomic E-state index is 0.241. The van der Waals surface area contributed by atoms with Crippen LogP contribution in [-0.4, -0.2) is 41.7 Å². The van der Waals surface area contributed by atoms with Gasteiger partial charge in [-0.2, -0.15) is 11.8 Å². The Hall–Kier alpha value is 0.230. The molecule has 0 aromatic carbocycles. The van der Waals surface area contributed by atoms with Crippen LogP contribution in [0.2, 0.25) is 0 Å². The third kappa shape index (κ3) is 0.797. The third-order valence-corrected chi connectivity index (χ3v) is 3.46. The predicted molar refractivity (Wildman–Crippen MR) is 37.9 cm³/mol. The van der Waals surface area contributed by atoms with Crippen LogP contribution in [0.25, 0.3) is 0 Å². The lowest BCUT2D eigenvalue weighted by Gasteiger charge is -2.28. The van der Waals surface area contributed by atoms with Crippen molar-refractivity contribution in [2.45, 2.75) is 23.7 Å². The molecule has 0 bridgehead atoms. The largest absolute Gasteiger partial charge is 0.387 e. The maximum Gasteiger partial charge on any atom is 0.184 e. The minimum Gasteiger partial charge on any atom is -0.387 e. The first-order chi connectivity index (χ1) is 4.83. The van der Waals surface area contributed by atoms with E-state index in [4.69, 9.17) is 9.47 Å². The quantitative estimate of drug-likeness (QED) is 0.581. The summed E-state index contributed by atoms with van der Waals surface area (Å²) in [4.78, 5) is 0. The highest BCUT2D eigenvalue weighted by Crippen LogP contribution is 2.41. The molecule has 2 aliphatic rings. The van der Waals surface area contributed by atoms with Crippen LogP contribution in [0.1, 0.15) is 0 Å². The molecule has 0 radical (unpaired) electrons. The van der Waals surface area contributed by atoms with Crippen molar-refractivity contribution in [1.29, 1.82) is 0 Å². The summed E-state index contributed by atoms with van der Waals surface area (Å²) in [6.45, 7) is 0. The molecular weight excluding hydrogens is 152 g/mol. The molecule has 2 aliphatic heterocycles. The second-order valence-electron chi connectivity index (χ2n) is 2.57. The lowest BCUT2D eigenvalue weighted by molar-refractivity contribution is -0.144. The number of fused-ring (bicyclic) bond motifs is 1. The van der Waals surface area contributed by atoms with Gasteiger partial charge in [-0.05, 0) is 0 Å². The number of hydrogen-bond donors (Lipinski definition) is 1. The summed E-state index contributed by atoms with van der Waals surface area (Å²) in [6, 6.07) is 0. The molecule has 2 rings (SSSR count). The second-order valence-corrected chi connectivity index (χ2v) is 3.78. The van der Waals surface area contributed by atoms with E-state index in [0.717, 1.165) is 5.75 Å². The van der Waals surface area contributed by atoms with Crippen LogP contribution >= 0.6 is 11.8 Å². The summed E-state index contributed by atoms with van der Waals surface area (Å²) in [5.41, 5.74) is 0. The molecule has 1 N–H and O–H groups in total. The molecule has 0 saturated carbocycles. The van der Waals surface area contributed by atoms with Gasteiger partial charge in [0.05, 0.1) is 11.4 Å². The van der Waals surface area contributed by atoms with Gasteiger partial charge < -0.3 is 14.6 Å². The van der Waals surface area contributed by atoms with Gasteiger partial charge in [0, 0.05) is 12.9 Å². The van der Waals surface area contributed by atoms with E-state index in [9.17, 15) is 5.11 Å². The molecule has 0 amide bonds. The molecule has 0 aromatic heterocycles. The number of rotatable bonds is 1. The van der Waals surface area contributed by atoms with Crippen LogP contribution in [0.5, 0.6) is 0 Å². The Bertz CT molecular complexity index is 141. The van der Waals surface area contributed by atoms with Gasteiger partial charge in [-0.1, -0.05) is 0 Å². The molecule has 2 heterocycles. The van der Waals surface area contributed by atoms with Crippen LogP contribution in [0.4, 0.5) is 0 Å². The first-order valence-electron chi connectivity index (χ1n) is 3.31. The van der Waals surface area contributed by atoms with Crippen molar-refractivity contribution in [3.8, 4) is 0 Å². The molecule has 2 saturated heterocycles. The zero-order valence-electron chi connectivity index (χ0n) is 5.69. The van der Waals surface area contributed by atoms with Gasteiger partial charge in [0.25, 0.3) is 0 Å². The Morgan fingerprint density at radius 2 is 2.50 bits per heavy atom. The zero-order chi connectivity index (χ0) is 7.14. The van der Waals surface area contributed by atoms with Crippen molar-refractivity contribution in [2.75, 3.05) is 12.9 Å². The fourth-order valence-corrected chi connectivity index (χ4v) is 2.36. The fourth-order valence-electron chi connectivity index (χ4n) is 1.32. The topological polar surface area (TPSA) is 38.7 Å². The van der Waals surface area contributed by atoms with E-state index in [1.807, 2.05) is 0 Å². The van der Waals surface area contributed by atoms with Crippen LogP contribution < -0.4 is 0 Å². The summed E-state index contributed by atoms with van der Waals surface area (Å²) in [6.07, 6.45) is -0.566. The summed E-state index contributed by atoms with van der Waals surface area (Å²) >= 11 is 1.75. The molecule has 4 heteroatoms. The Morgan fingerprint density at radius 1 is 1.70 bits per heavy atom. The predicted octanol–water partition coefficient (Wildman–Crippen LogP) is -0.166. The van der Waals surface area contributed by atoms with E-state index in [2.05, 4.69) is 0 Å². The maximum atomic E-state index is 9.41. The number of methoxy groups -OCH3 is 1. The van der Waals surface area contributed by atoms with Gasteiger partial charge >= 0.3 is 0 Å². The second kappa shape index (κ2) is 2.37. The summed E-state index contributed by atoms with van der Waals surface area (Å²) in [5, 5.41) is 9.68. The highest BCUT2D eigenvalue weighted by atomic mass is 32.2. The minimum atomic E-state index is -0.422. The normalized spacial score (nSPS) is 52.2. The number of hydrogen-bond acceptors (Lipinski definition) is 4. The molecule has 0 spiro atoms. The lowest BCUT2D eigenvalue weighted by atomic mass is 10.2. The molecule has 4 unspecified atom stereocenters. The zero-order valence-corrected chi connectivity index (χ0v) is 6.50. The van der Waals surface area contributed by atoms with E-state index in [-0.39, 0.29) is 17.6 Å². The third-order valence-electron chi connectivity index (χ3n) is 1.98. The van der Waals surface area contributed by atoms with Crippen LogP contribution in [0.15, 0.2) is 0 Å². The standard InChI is InChI=1S/C6H10O3S/c1-8-6-4(7)5-3(9-6)2-10-5/h3-7H,2H2,1H3. The Labute approximate surface area is 63.7 Å². The van der Waals surface area contributed by atoms with Gasteiger partial charge in [0.1, 0.15) is 6.10 Å². The molecule has 10 heavy (non-hydrogen) atoms. The van der Waals surface area contributed by atoms with Crippen molar-refractivity contribution < 1.29 is 14.6 Å². The van der Waals surface area contributed by atoms with Gasteiger partial charge in [0.2, 0.25) is 0 Å². The van der Waals surface area contributed by atoms with E-state index in [1.54, 1.807) is 18.9 Å². The van der Waals surface area contributed by atoms with Crippen LogP contribution in [0.3, 0.4) is 0 Å². The first kappa shape index (κ1) is 6.91. The molecule has 58 valence electrons. The highest BCUT2D eigenvalue weighted by molar-refractivity contribution is 8.01. The van der Waals surface area contributed by atoms with E-state index >= 15 is 0 Å². The first-order valence-corrected chi connectivity index (χ1v) is 4.35. The average Bonchev–Trinajstić information content (AvgIpc) is 2.05. The summed E-state index contributed by atoms with van der Waals surface area (Å²) < 4.78 is 10.2.